The average Bonchev–Trinajstić information content (AvgIpc) is 3.44. The highest BCUT2D eigenvalue weighted by atomic mass is 16.5. The summed E-state index contributed by atoms with van der Waals surface area (Å²) in [6, 6.07) is 2.48. The minimum Gasteiger partial charge on any atom is -0.462 e. The number of nitrogen functional groups attached to an aromatic ring is 1. The summed E-state index contributed by atoms with van der Waals surface area (Å²) in [6.45, 7) is 6.34. The number of aromatic nitrogens is 5. The monoisotopic (exact) mass is 423 g/mol. The molecule has 0 radical (unpaired) electrons. The molecule has 5 heterocycles. The lowest BCUT2D eigenvalue weighted by atomic mass is 10.1. The lowest BCUT2D eigenvalue weighted by molar-refractivity contribution is 0.163. The third-order valence-electron chi connectivity index (χ3n) is 6.06. The highest BCUT2D eigenvalue weighted by Gasteiger charge is 2.19. The third-order valence-corrected chi connectivity index (χ3v) is 6.06. The Bertz CT molecular complexity index is 1060. The van der Waals surface area contributed by atoms with Crippen LogP contribution in [0.1, 0.15) is 42.5 Å². The number of anilines is 2. The van der Waals surface area contributed by atoms with Gasteiger partial charge in [0.2, 0.25) is 0 Å². The van der Waals surface area contributed by atoms with E-state index in [1.54, 1.807) is 10.7 Å². The molecule has 2 saturated heterocycles. The molecule has 0 bridgehead atoms. The van der Waals surface area contributed by atoms with E-state index in [0.717, 1.165) is 43.2 Å². The Hall–Kier alpha value is -2.94. The summed E-state index contributed by atoms with van der Waals surface area (Å²) >= 11 is 0. The van der Waals surface area contributed by atoms with Gasteiger partial charge in [-0.3, -0.25) is 0 Å². The molecule has 31 heavy (non-hydrogen) atoms. The Kier molecular flexibility index (Phi) is 5.59. The van der Waals surface area contributed by atoms with Gasteiger partial charge in [0.15, 0.2) is 11.5 Å². The third kappa shape index (κ3) is 4.27. The molecule has 2 aliphatic heterocycles. The van der Waals surface area contributed by atoms with Crippen molar-refractivity contribution in [2.45, 2.75) is 39.0 Å². The van der Waals surface area contributed by atoms with Gasteiger partial charge in [-0.25, -0.2) is 14.5 Å². The Balaban J connectivity index is 1.35. The van der Waals surface area contributed by atoms with Crippen LogP contribution >= 0.6 is 0 Å². The van der Waals surface area contributed by atoms with Crippen LogP contribution in [0.2, 0.25) is 0 Å². The summed E-state index contributed by atoms with van der Waals surface area (Å²) in [6.07, 6.45) is 9.19. The number of hydrogen-bond donors (Lipinski definition) is 1. The molecular formula is C22H29N7O2. The van der Waals surface area contributed by atoms with Crippen LogP contribution in [0.15, 0.2) is 18.5 Å². The maximum absolute atomic E-state index is 6.12. The van der Waals surface area contributed by atoms with Gasteiger partial charge in [-0.15, -0.1) is 5.10 Å². The molecule has 0 amide bonds. The highest BCUT2D eigenvalue weighted by Crippen LogP contribution is 2.24. The van der Waals surface area contributed by atoms with Gasteiger partial charge in [-0.2, -0.15) is 4.98 Å². The predicted octanol–water partition coefficient (Wildman–Crippen LogP) is 2.41. The summed E-state index contributed by atoms with van der Waals surface area (Å²) in [5.74, 6) is 1.78. The van der Waals surface area contributed by atoms with Crippen molar-refractivity contribution in [2.24, 2.45) is 5.92 Å². The van der Waals surface area contributed by atoms with Crippen LogP contribution in [0.4, 0.5) is 11.6 Å². The fraction of sp³-hybridized carbons (Fsp3) is 0.545. The lowest BCUT2D eigenvalue weighted by Gasteiger charge is -2.29. The molecule has 3 aromatic rings. The molecule has 0 spiro atoms. The first kappa shape index (κ1) is 20.0. The van der Waals surface area contributed by atoms with E-state index in [1.165, 1.54) is 24.8 Å². The van der Waals surface area contributed by atoms with Gasteiger partial charge in [0, 0.05) is 38.2 Å². The van der Waals surface area contributed by atoms with Crippen LogP contribution in [-0.2, 0) is 11.2 Å². The van der Waals surface area contributed by atoms with E-state index in [0.29, 0.717) is 37.0 Å². The highest BCUT2D eigenvalue weighted by molar-refractivity contribution is 5.60. The van der Waals surface area contributed by atoms with Gasteiger partial charge >= 0.3 is 6.01 Å². The van der Waals surface area contributed by atoms with Gasteiger partial charge in [0.1, 0.15) is 5.82 Å². The van der Waals surface area contributed by atoms with Crippen molar-refractivity contribution in [3.8, 4) is 6.01 Å². The normalized spacial score (nSPS) is 19.3. The Morgan fingerprint density at radius 3 is 2.84 bits per heavy atom. The van der Waals surface area contributed by atoms with Gasteiger partial charge in [0.05, 0.1) is 25.1 Å². The van der Waals surface area contributed by atoms with E-state index in [4.69, 9.17) is 20.2 Å². The second kappa shape index (κ2) is 8.66. The topological polar surface area (TPSA) is 104 Å². The van der Waals surface area contributed by atoms with Gasteiger partial charge in [-0.05, 0) is 43.7 Å². The summed E-state index contributed by atoms with van der Waals surface area (Å²) < 4.78 is 12.9. The fourth-order valence-corrected chi connectivity index (χ4v) is 4.39. The first-order valence-electron chi connectivity index (χ1n) is 11.1. The second-order valence-electron chi connectivity index (χ2n) is 8.51. The number of aryl methyl sites for hydroxylation is 1. The smallest absolute Gasteiger partial charge is 0.336 e. The summed E-state index contributed by atoms with van der Waals surface area (Å²) in [7, 11) is 0. The SMILES string of the molecule is Cc1cc(Cc2cnc3c(N)nc(OCC4CCOC4)nn23)cnc1N1CCCCC1. The molecule has 0 aromatic carbocycles. The molecule has 0 aliphatic carbocycles. The van der Waals surface area contributed by atoms with E-state index in [2.05, 4.69) is 33.0 Å². The summed E-state index contributed by atoms with van der Waals surface area (Å²) in [5.41, 5.74) is 9.89. The molecule has 2 aliphatic rings. The number of hydrogen-bond acceptors (Lipinski definition) is 8. The summed E-state index contributed by atoms with van der Waals surface area (Å²) in [5, 5.41) is 4.54. The summed E-state index contributed by atoms with van der Waals surface area (Å²) in [4.78, 5) is 15.8. The minimum atomic E-state index is 0.269. The van der Waals surface area contributed by atoms with Crippen molar-refractivity contribution in [3.63, 3.8) is 0 Å². The van der Waals surface area contributed by atoms with Crippen molar-refractivity contribution in [3.05, 3.63) is 35.3 Å². The maximum Gasteiger partial charge on any atom is 0.336 e. The molecule has 2 fully saturated rings. The molecule has 9 heteroatoms. The van der Waals surface area contributed by atoms with E-state index >= 15 is 0 Å². The molecule has 2 N–H and O–H groups in total. The van der Waals surface area contributed by atoms with Crippen molar-refractivity contribution in [2.75, 3.05) is 43.5 Å². The largest absolute Gasteiger partial charge is 0.462 e. The van der Waals surface area contributed by atoms with Gasteiger partial charge in [-0.1, -0.05) is 6.07 Å². The van der Waals surface area contributed by atoms with Crippen molar-refractivity contribution < 1.29 is 9.47 Å². The zero-order valence-corrected chi connectivity index (χ0v) is 18.0. The van der Waals surface area contributed by atoms with Crippen molar-refractivity contribution in [1.82, 2.24) is 24.6 Å². The van der Waals surface area contributed by atoms with E-state index in [1.807, 2.05) is 6.20 Å². The van der Waals surface area contributed by atoms with Crippen LogP contribution in [0.25, 0.3) is 5.65 Å². The molecule has 3 aromatic heterocycles. The molecule has 9 nitrogen and oxygen atoms in total. The van der Waals surface area contributed by atoms with Crippen LogP contribution in [0.5, 0.6) is 6.01 Å². The van der Waals surface area contributed by atoms with Crippen LogP contribution in [0.3, 0.4) is 0 Å². The van der Waals surface area contributed by atoms with Crippen LogP contribution in [-0.4, -0.2) is 57.5 Å². The zero-order valence-electron chi connectivity index (χ0n) is 18.0. The molecule has 5 rings (SSSR count). The first-order valence-corrected chi connectivity index (χ1v) is 11.1. The van der Waals surface area contributed by atoms with E-state index in [-0.39, 0.29) is 6.01 Å². The first-order chi connectivity index (χ1) is 15.2. The number of pyridine rings is 1. The number of rotatable bonds is 6. The quantitative estimate of drug-likeness (QED) is 0.645. The standard InChI is InChI=1S/C22H29N7O2/c1-15-9-17(11-24-20(15)28-6-3-2-4-7-28)10-18-12-25-21-19(23)26-22(27-29(18)21)31-14-16-5-8-30-13-16/h9,11-12,16H,2-8,10,13-14H2,1H3,(H2,23,26,27). The molecule has 164 valence electrons. The van der Waals surface area contributed by atoms with Crippen LogP contribution in [0, 0.1) is 12.8 Å². The van der Waals surface area contributed by atoms with Gasteiger partial charge in [0.25, 0.3) is 0 Å². The number of imidazole rings is 1. The molecule has 1 atom stereocenters. The lowest BCUT2D eigenvalue weighted by Crippen LogP contribution is -2.30. The molecule has 1 unspecified atom stereocenters. The molecular weight excluding hydrogens is 394 g/mol. The number of ether oxygens (including phenoxy) is 2. The van der Waals surface area contributed by atoms with E-state index < -0.39 is 0 Å². The van der Waals surface area contributed by atoms with Crippen molar-refractivity contribution >= 4 is 17.3 Å². The van der Waals surface area contributed by atoms with Crippen molar-refractivity contribution in [1.29, 1.82) is 0 Å². The number of fused-ring (bicyclic) bond motifs is 1. The molecule has 0 saturated carbocycles. The van der Waals surface area contributed by atoms with Crippen LogP contribution < -0.4 is 15.4 Å². The second-order valence-corrected chi connectivity index (χ2v) is 8.51. The Morgan fingerprint density at radius 1 is 1.19 bits per heavy atom. The predicted molar refractivity (Wildman–Crippen MR) is 117 cm³/mol. The number of nitrogens with zero attached hydrogens (tertiary/aromatic N) is 6. The number of nitrogens with two attached hydrogens (primary N) is 1. The minimum absolute atomic E-state index is 0.269. The van der Waals surface area contributed by atoms with Gasteiger partial charge < -0.3 is 20.1 Å². The Labute approximate surface area is 181 Å². The maximum atomic E-state index is 6.12. The number of piperidine rings is 1. The average molecular weight is 424 g/mol. The zero-order chi connectivity index (χ0) is 21.2. The Morgan fingerprint density at radius 2 is 2.06 bits per heavy atom. The van der Waals surface area contributed by atoms with E-state index in [9.17, 15) is 0 Å². The fourth-order valence-electron chi connectivity index (χ4n) is 4.39.